The van der Waals surface area contributed by atoms with Crippen LogP contribution in [0.1, 0.15) is 29.8 Å². The zero-order chi connectivity index (χ0) is 23.5. The van der Waals surface area contributed by atoms with Gasteiger partial charge >= 0.3 is 0 Å². The standard InChI is InChI=1S/C26H29N3O4S.CH4/c30-26(29-14-12-28(13-15-29)17-21-10-16-33-18-21)23-8-6-20(7-9-23)19-34(31,32)24-5-1-3-22-4-2-11-27-25(22)24;/h1-9,11,21H,10,12-19H2;1H4. The van der Waals surface area contributed by atoms with Crippen molar-refractivity contribution in [2.45, 2.75) is 24.5 Å². The first-order valence-corrected chi connectivity index (χ1v) is 13.4. The first-order chi connectivity index (χ1) is 16.5. The fourth-order valence-electron chi connectivity index (χ4n) is 4.78. The van der Waals surface area contributed by atoms with Crippen molar-refractivity contribution in [3.8, 4) is 0 Å². The minimum absolute atomic E-state index is 0. The number of hydrogen-bond acceptors (Lipinski definition) is 6. The summed E-state index contributed by atoms with van der Waals surface area (Å²) in [5, 5.41) is 0.793. The van der Waals surface area contributed by atoms with Gasteiger partial charge in [0.25, 0.3) is 5.91 Å². The Hall–Kier alpha value is -2.81. The van der Waals surface area contributed by atoms with Gasteiger partial charge in [-0.3, -0.25) is 14.7 Å². The molecule has 1 atom stereocenters. The second-order valence-electron chi connectivity index (χ2n) is 9.11. The largest absolute Gasteiger partial charge is 0.381 e. The lowest BCUT2D eigenvalue weighted by Gasteiger charge is -2.35. The number of nitrogens with zero attached hydrogens (tertiary/aromatic N) is 3. The molecule has 0 saturated carbocycles. The second-order valence-corrected chi connectivity index (χ2v) is 11.1. The highest BCUT2D eigenvalue weighted by Crippen LogP contribution is 2.24. The summed E-state index contributed by atoms with van der Waals surface area (Å²) in [4.78, 5) is 21.8. The van der Waals surface area contributed by atoms with E-state index in [9.17, 15) is 13.2 Å². The lowest BCUT2D eigenvalue weighted by Crippen LogP contribution is -2.49. The fourth-order valence-corrected chi connectivity index (χ4v) is 6.31. The topological polar surface area (TPSA) is 79.8 Å². The first-order valence-electron chi connectivity index (χ1n) is 11.7. The SMILES string of the molecule is C.O=C(c1ccc(CS(=O)(=O)c2cccc3cccnc23)cc1)N1CCN(CC2CCOC2)CC1. The van der Waals surface area contributed by atoms with Gasteiger partial charge in [0.05, 0.1) is 22.8 Å². The van der Waals surface area contributed by atoms with Gasteiger partial charge in [-0.1, -0.05) is 37.8 Å². The highest BCUT2D eigenvalue weighted by molar-refractivity contribution is 7.90. The zero-order valence-electron chi connectivity index (χ0n) is 19.1. The van der Waals surface area contributed by atoms with Crippen molar-refractivity contribution in [2.24, 2.45) is 5.92 Å². The molecule has 1 aromatic heterocycles. The van der Waals surface area contributed by atoms with Crippen LogP contribution in [-0.4, -0.2) is 75.0 Å². The number of rotatable bonds is 6. The molecule has 3 aromatic rings. The van der Waals surface area contributed by atoms with Crippen molar-refractivity contribution in [3.63, 3.8) is 0 Å². The number of fused-ring (bicyclic) bond motifs is 1. The summed E-state index contributed by atoms with van der Waals surface area (Å²) in [5.74, 6) is 0.466. The molecule has 0 N–H and O–H groups in total. The molecular formula is C27H33N3O4S. The van der Waals surface area contributed by atoms with E-state index in [0.717, 1.165) is 44.7 Å². The van der Waals surface area contributed by atoms with E-state index >= 15 is 0 Å². The number of pyridine rings is 1. The van der Waals surface area contributed by atoms with Crippen LogP contribution < -0.4 is 0 Å². The van der Waals surface area contributed by atoms with Crippen molar-refractivity contribution >= 4 is 26.6 Å². The normalized spacial score (nSPS) is 19.0. The number of piperazine rings is 1. The average Bonchev–Trinajstić information content (AvgIpc) is 3.37. The van der Waals surface area contributed by atoms with Gasteiger partial charge in [0.15, 0.2) is 9.84 Å². The molecule has 0 aliphatic carbocycles. The minimum atomic E-state index is -3.58. The molecule has 2 aliphatic rings. The Kier molecular flexibility index (Phi) is 7.84. The van der Waals surface area contributed by atoms with Crippen LogP contribution in [0.2, 0.25) is 0 Å². The molecule has 8 heteroatoms. The van der Waals surface area contributed by atoms with Gasteiger partial charge in [-0.15, -0.1) is 0 Å². The summed E-state index contributed by atoms with van der Waals surface area (Å²) in [5.41, 5.74) is 1.72. The summed E-state index contributed by atoms with van der Waals surface area (Å²) < 4.78 is 31.7. The summed E-state index contributed by atoms with van der Waals surface area (Å²) in [6.45, 7) is 5.90. The fraction of sp³-hybridized carbons (Fsp3) is 0.407. The predicted octanol–water partition coefficient (Wildman–Crippen LogP) is 3.64. The Labute approximate surface area is 207 Å². The van der Waals surface area contributed by atoms with Crippen LogP contribution >= 0.6 is 0 Å². The van der Waals surface area contributed by atoms with Crippen molar-refractivity contribution < 1.29 is 17.9 Å². The third-order valence-corrected chi connectivity index (χ3v) is 8.40. The molecule has 0 spiro atoms. The molecular weight excluding hydrogens is 462 g/mol. The molecule has 3 heterocycles. The van der Waals surface area contributed by atoms with Gasteiger partial charge in [0, 0.05) is 56.5 Å². The lowest BCUT2D eigenvalue weighted by atomic mass is 10.1. The van der Waals surface area contributed by atoms with Crippen LogP contribution in [0, 0.1) is 5.92 Å². The number of hydrogen-bond donors (Lipinski definition) is 0. The number of carbonyl (C=O) groups excluding carboxylic acids is 1. The lowest BCUT2D eigenvalue weighted by molar-refractivity contribution is 0.0611. The Morgan fingerprint density at radius 3 is 2.46 bits per heavy atom. The van der Waals surface area contributed by atoms with Gasteiger partial charge < -0.3 is 9.64 Å². The van der Waals surface area contributed by atoms with Crippen LogP contribution in [0.5, 0.6) is 0 Å². The van der Waals surface area contributed by atoms with Crippen molar-refractivity contribution in [2.75, 3.05) is 45.9 Å². The number of carbonyl (C=O) groups is 1. The molecule has 1 amide bonds. The highest BCUT2D eigenvalue weighted by atomic mass is 32.2. The maximum atomic E-state index is 13.1. The summed E-state index contributed by atoms with van der Waals surface area (Å²) >= 11 is 0. The number of amides is 1. The van der Waals surface area contributed by atoms with Gasteiger partial charge in [-0.2, -0.15) is 0 Å². The molecule has 2 aromatic carbocycles. The molecule has 2 saturated heterocycles. The van der Waals surface area contributed by atoms with Gasteiger partial charge in [0.2, 0.25) is 0 Å². The van der Waals surface area contributed by atoms with E-state index in [2.05, 4.69) is 9.88 Å². The quantitative estimate of drug-likeness (QED) is 0.520. The number of para-hydroxylation sites is 1. The summed E-state index contributed by atoms with van der Waals surface area (Å²) in [7, 11) is -3.58. The molecule has 7 nitrogen and oxygen atoms in total. The molecule has 2 fully saturated rings. The van der Waals surface area contributed by atoms with Gasteiger partial charge in [-0.25, -0.2) is 8.42 Å². The molecule has 1 unspecified atom stereocenters. The van der Waals surface area contributed by atoms with Crippen molar-refractivity contribution in [3.05, 3.63) is 71.9 Å². The van der Waals surface area contributed by atoms with Crippen LogP contribution in [0.3, 0.4) is 0 Å². The summed E-state index contributed by atoms with van der Waals surface area (Å²) in [6, 6.07) is 15.8. The molecule has 0 radical (unpaired) electrons. The van der Waals surface area contributed by atoms with E-state index in [-0.39, 0.29) is 24.0 Å². The first kappa shape index (κ1) is 25.3. The Morgan fingerprint density at radius 1 is 1.00 bits per heavy atom. The van der Waals surface area contributed by atoms with E-state index in [4.69, 9.17) is 4.74 Å². The molecule has 0 bridgehead atoms. The van der Waals surface area contributed by atoms with E-state index in [1.54, 1.807) is 48.7 Å². The molecule has 2 aliphatic heterocycles. The average molecular weight is 496 g/mol. The maximum absolute atomic E-state index is 13.1. The third kappa shape index (κ3) is 5.72. The van der Waals surface area contributed by atoms with Crippen LogP contribution in [0.4, 0.5) is 0 Å². The smallest absolute Gasteiger partial charge is 0.253 e. The predicted molar refractivity (Wildman–Crippen MR) is 137 cm³/mol. The summed E-state index contributed by atoms with van der Waals surface area (Å²) in [6.07, 6.45) is 2.73. The monoisotopic (exact) mass is 495 g/mol. The van der Waals surface area contributed by atoms with Crippen LogP contribution in [-0.2, 0) is 20.3 Å². The van der Waals surface area contributed by atoms with E-state index < -0.39 is 9.84 Å². The van der Waals surface area contributed by atoms with Crippen molar-refractivity contribution in [1.82, 2.24) is 14.8 Å². The molecule has 35 heavy (non-hydrogen) atoms. The Bertz CT molecular complexity index is 1260. The third-order valence-electron chi connectivity index (χ3n) is 6.69. The van der Waals surface area contributed by atoms with Gasteiger partial charge in [-0.05, 0) is 42.2 Å². The zero-order valence-corrected chi connectivity index (χ0v) is 19.9. The maximum Gasteiger partial charge on any atom is 0.253 e. The Balaban J connectivity index is 0.00000289. The van der Waals surface area contributed by atoms with E-state index in [1.165, 1.54) is 0 Å². The van der Waals surface area contributed by atoms with Crippen LogP contribution in [0.25, 0.3) is 10.9 Å². The second kappa shape index (κ2) is 10.8. The number of sulfone groups is 1. The minimum Gasteiger partial charge on any atom is -0.381 e. The van der Waals surface area contributed by atoms with Crippen molar-refractivity contribution in [1.29, 1.82) is 0 Å². The molecule has 186 valence electrons. The Morgan fingerprint density at radius 2 is 1.74 bits per heavy atom. The highest BCUT2D eigenvalue weighted by Gasteiger charge is 2.25. The molecule has 5 rings (SSSR count). The van der Waals surface area contributed by atoms with E-state index in [0.29, 0.717) is 35.7 Å². The number of aromatic nitrogens is 1. The van der Waals surface area contributed by atoms with Gasteiger partial charge in [0.1, 0.15) is 0 Å². The number of ether oxygens (including phenoxy) is 1. The number of benzene rings is 2. The van der Waals surface area contributed by atoms with Crippen LogP contribution in [0.15, 0.2) is 65.7 Å². The van der Waals surface area contributed by atoms with E-state index in [1.807, 2.05) is 17.0 Å².